The van der Waals surface area contributed by atoms with Crippen molar-refractivity contribution in [1.29, 1.82) is 0 Å². The van der Waals surface area contributed by atoms with Crippen LogP contribution in [0.4, 0.5) is 5.82 Å². The van der Waals surface area contributed by atoms with Crippen LogP contribution in [0.25, 0.3) is 0 Å². The fraction of sp³-hybridized carbons (Fsp3) is 0.739. The predicted molar refractivity (Wildman–Crippen MR) is 124 cm³/mol. The molecule has 7 heteroatoms. The summed E-state index contributed by atoms with van der Waals surface area (Å²) in [5.41, 5.74) is 1.58. The van der Waals surface area contributed by atoms with Gasteiger partial charge in [0, 0.05) is 66.2 Å². The van der Waals surface area contributed by atoms with E-state index in [1.54, 1.807) is 7.11 Å². The van der Waals surface area contributed by atoms with Gasteiger partial charge in [0.05, 0.1) is 0 Å². The number of hydrogen-bond acceptors (Lipinski definition) is 5. The Kier molecular flexibility index (Phi) is 8.75. The number of rotatable bonds is 9. The standard InChI is InChI=1S/C23H40N6O/c1-4-28-12-14-29(15-13-28)21-17-20(7-11-25-21)18-26-22(24-2)27-19-23(10-16-30-3)8-5-6-9-23/h7,11,17H,4-6,8-10,12-16,18-19H2,1-3H3,(H2,24,26,27). The molecule has 2 N–H and O–H groups in total. The smallest absolute Gasteiger partial charge is 0.191 e. The van der Waals surface area contributed by atoms with Crippen molar-refractivity contribution >= 4 is 11.8 Å². The molecule has 0 atom stereocenters. The number of aromatic nitrogens is 1. The highest BCUT2D eigenvalue weighted by atomic mass is 16.5. The molecule has 0 radical (unpaired) electrons. The van der Waals surface area contributed by atoms with Gasteiger partial charge in [0.15, 0.2) is 5.96 Å². The van der Waals surface area contributed by atoms with Gasteiger partial charge in [-0.2, -0.15) is 0 Å². The van der Waals surface area contributed by atoms with Gasteiger partial charge in [-0.25, -0.2) is 4.98 Å². The number of nitrogens with zero attached hydrogens (tertiary/aromatic N) is 4. The summed E-state index contributed by atoms with van der Waals surface area (Å²) in [5.74, 6) is 1.95. The molecule has 1 aromatic heterocycles. The van der Waals surface area contributed by atoms with Crippen LogP contribution in [0, 0.1) is 5.41 Å². The summed E-state index contributed by atoms with van der Waals surface area (Å²) in [6, 6.07) is 4.29. The van der Waals surface area contributed by atoms with E-state index in [-0.39, 0.29) is 0 Å². The lowest BCUT2D eigenvalue weighted by atomic mass is 9.83. The maximum absolute atomic E-state index is 5.35. The summed E-state index contributed by atoms with van der Waals surface area (Å²) >= 11 is 0. The molecule has 1 aromatic rings. The lowest BCUT2D eigenvalue weighted by Gasteiger charge is -2.34. The van der Waals surface area contributed by atoms with Crippen LogP contribution < -0.4 is 15.5 Å². The molecule has 7 nitrogen and oxygen atoms in total. The van der Waals surface area contributed by atoms with Crippen molar-refractivity contribution in [2.24, 2.45) is 10.4 Å². The van der Waals surface area contributed by atoms with E-state index in [4.69, 9.17) is 4.74 Å². The van der Waals surface area contributed by atoms with Crippen LogP contribution in [0.15, 0.2) is 23.3 Å². The Labute approximate surface area is 182 Å². The van der Waals surface area contributed by atoms with Gasteiger partial charge in [-0.05, 0) is 48.9 Å². The molecule has 168 valence electrons. The van der Waals surface area contributed by atoms with E-state index in [9.17, 15) is 0 Å². The Balaban J connectivity index is 1.50. The van der Waals surface area contributed by atoms with Crippen LogP contribution in [-0.2, 0) is 11.3 Å². The average molecular weight is 417 g/mol. The summed E-state index contributed by atoms with van der Waals surface area (Å²) in [5, 5.41) is 7.05. The normalized spacial score (nSPS) is 19.8. The van der Waals surface area contributed by atoms with Crippen molar-refractivity contribution in [2.45, 2.75) is 45.6 Å². The highest BCUT2D eigenvalue weighted by Crippen LogP contribution is 2.40. The topological polar surface area (TPSA) is 65.0 Å². The molecular weight excluding hydrogens is 376 g/mol. The van der Waals surface area contributed by atoms with Crippen LogP contribution in [0.1, 0.15) is 44.6 Å². The number of anilines is 1. The third kappa shape index (κ3) is 6.32. The van der Waals surface area contributed by atoms with Gasteiger partial charge < -0.3 is 25.2 Å². The number of likely N-dealkylation sites (N-methyl/N-ethyl adjacent to an activating group) is 1. The van der Waals surface area contributed by atoms with Crippen molar-refractivity contribution in [2.75, 3.05) is 64.9 Å². The summed E-state index contributed by atoms with van der Waals surface area (Å²) in [6.07, 6.45) is 8.24. The lowest BCUT2D eigenvalue weighted by Crippen LogP contribution is -2.46. The maximum Gasteiger partial charge on any atom is 0.191 e. The van der Waals surface area contributed by atoms with Gasteiger partial charge in [-0.15, -0.1) is 0 Å². The molecule has 0 amide bonds. The number of aliphatic imine (C=N–C) groups is 1. The second kappa shape index (κ2) is 11.5. The predicted octanol–water partition coefficient (Wildman–Crippen LogP) is 2.49. The van der Waals surface area contributed by atoms with E-state index in [0.29, 0.717) is 5.41 Å². The third-order valence-corrected chi connectivity index (χ3v) is 6.77. The third-order valence-electron chi connectivity index (χ3n) is 6.77. The number of pyridine rings is 1. The molecule has 1 saturated heterocycles. The summed E-state index contributed by atoms with van der Waals surface area (Å²) < 4.78 is 5.35. The van der Waals surface area contributed by atoms with Crippen LogP contribution >= 0.6 is 0 Å². The average Bonchev–Trinajstić information content (AvgIpc) is 3.27. The number of hydrogen-bond donors (Lipinski definition) is 2. The Hall–Kier alpha value is -1.86. The molecule has 2 fully saturated rings. The minimum Gasteiger partial charge on any atom is -0.385 e. The van der Waals surface area contributed by atoms with Crippen LogP contribution in [-0.4, -0.2) is 75.9 Å². The molecule has 2 heterocycles. The van der Waals surface area contributed by atoms with Crippen molar-refractivity contribution in [3.05, 3.63) is 23.9 Å². The van der Waals surface area contributed by atoms with E-state index in [1.165, 1.54) is 31.2 Å². The molecule has 0 spiro atoms. The minimum atomic E-state index is 0.345. The highest BCUT2D eigenvalue weighted by molar-refractivity contribution is 5.79. The largest absolute Gasteiger partial charge is 0.385 e. The van der Waals surface area contributed by atoms with Crippen LogP contribution in [0.5, 0.6) is 0 Å². The van der Waals surface area contributed by atoms with E-state index >= 15 is 0 Å². The molecule has 0 aromatic carbocycles. The fourth-order valence-corrected chi connectivity index (χ4v) is 4.67. The summed E-state index contributed by atoms with van der Waals surface area (Å²) in [6.45, 7) is 10.2. The molecule has 1 aliphatic heterocycles. The first-order chi connectivity index (χ1) is 14.7. The molecule has 0 unspecified atom stereocenters. The first kappa shape index (κ1) is 22.8. The second-order valence-corrected chi connectivity index (χ2v) is 8.67. The van der Waals surface area contributed by atoms with Crippen molar-refractivity contribution in [1.82, 2.24) is 20.5 Å². The van der Waals surface area contributed by atoms with E-state index in [1.807, 2.05) is 13.2 Å². The number of piperazine rings is 1. The summed E-state index contributed by atoms with van der Waals surface area (Å²) in [4.78, 5) is 13.9. The van der Waals surface area contributed by atoms with E-state index in [2.05, 4.69) is 49.5 Å². The lowest BCUT2D eigenvalue weighted by molar-refractivity contribution is 0.138. The van der Waals surface area contributed by atoms with Crippen molar-refractivity contribution in [3.63, 3.8) is 0 Å². The van der Waals surface area contributed by atoms with Gasteiger partial charge in [0.25, 0.3) is 0 Å². The quantitative estimate of drug-likeness (QED) is 0.476. The Bertz CT molecular complexity index is 665. The molecule has 30 heavy (non-hydrogen) atoms. The SMILES string of the molecule is CCN1CCN(c2cc(CNC(=NC)NCC3(CCOC)CCCC3)ccn2)CC1. The van der Waals surface area contributed by atoms with Crippen molar-refractivity contribution < 1.29 is 4.74 Å². The van der Waals surface area contributed by atoms with E-state index in [0.717, 1.165) is 70.6 Å². The minimum absolute atomic E-state index is 0.345. The number of methoxy groups -OCH3 is 1. The molecule has 3 rings (SSSR count). The summed E-state index contributed by atoms with van der Waals surface area (Å²) in [7, 11) is 3.64. The molecule has 1 saturated carbocycles. The second-order valence-electron chi connectivity index (χ2n) is 8.67. The van der Waals surface area contributed by atoms with Gasteiger partial charge in [0.1, 0.15) is 5.82 Å². The molecule has 0 bridgehead atoms. The van der Waals surface area contributed by atoms with E-state index < -0.39 is 0 Å². The van der Waals surface area contributed by atoms with Gasteiger partial charge in [-0.1, -0.05) is 19.8 Å². The number of ether oxygens (including phenoxy) is 1. The molecule has 1 aliphatic carbocycles. The van der Waals surface area contributed by atoms with Gasteiger partial charge in [-0.3, -0.25) is 4.99 Å². The number of nitrogens with one attached hydrogen (secondary N) is 2. The van der Waals surface area contributed by atoms with Crippen LogP contribution in [0.2, 0.25) is 0 Å². The molecule has 2 aliphatic rings. The van der Waals surface area contributed by atoms with Crippen LogP contribution in [0.3, 0.4) is 0 Å². The zero-order valence-corrected chi connectivity index (χ0v) is 19.1. The number of guanidine groups is 1. The Morgan fingerprint density at radius 2 is 1.97 bits per heavy atom. The van der Waals surface area contributed by atoms with Crippen molar-refractivity contribution in [3.8, 4) is 0 Å². The zero-order valence-electron chi connectivity index (χ0n) is 19.1. The monoisotopic (exact) mass is 416 g/mol. The Morgan fingerprint density at radius 3 is 2.63 bits per heavy atom. The fourth-order valence-electron chi connectivity index (χ4n) is 4.67. The first-order valence-electron chi connectivity index (χ1n) is 11.5. The van der Waals surface area contributed by atoms with Gasteiger partial charge >= 0.3 is 0 Å². The zero-order chi connectivity index (χ0) is 21.2. The first-order valence-corrected chi connectivity index (χ1v) is 11.5. The molecular formula is C23H40N6O. The van der Waals surface area contributed by atoms with Gasteiger partial charge in [0.2, 0.25) is 0 Å². The Morgan fingerprint density at radius 1 is 1.20 bits per heavy atom. The maximum atomic E-state index is 5.35. The highest BCUT2D eigenvalue weighted by Gasteiger charge is 2.33.